The zero-order chi connectivity index (χ0) is 38.9. The summed E-state index contributed by atoms with van der Waals surface area (Å²) in [5, 5.41) is 29.0. The maximum Gasteiger partial charge on any atom is 0.323 e. The highest BCUT2D eigenvalue weighted by Gasteiger charge is 2.84. The van der Waals surface area contributed by atoms with Crippen molar-refractivity contribution in [3.8, 4) is 11.8 Å². The van der Waals surface area contributed by atoms with E-state index in [9.17, 15) is 43.9 Å². The van der Waals surface area contributed by atoms with Crippen LogP contribution >= 0.6 is 0 Å². The number of carbonyl (C=O) groups excluding carboxylic acids is 7. The van der Waals surface area contributed by atoms with Gasteiger partial charge in [0.1, 0.15) is 23.3 Å². The fourth-order valence-corrected chi connectivity index (χ4v) is 8.35. The number of nitrogens with one attached hydrogen (secondary N) is 2. The normalized spacial score (nSPS) is 30.5. The number of rotatable bonds is 6. The Morgan fingerprint density at radius 2 is 1.60 bits per heavy atom. The van der Waals surface area contributed by atoms with Crippen LogP contribution in [0.2, 0.25) is 0 Å². The van der Waals surface area contributed by atoms with Crippen LogP contribution in [0.1, 0.15) is 35.3 Å². The van der Waals surface area contributed by atoms with Crippen molar-refractivity contribution in [1.82, 2.24) is 4.90 Å². The molecule has 0 aliphatic heterocycles. The molecule has 6 rings (SSSR count). The van der Waals surface area contributed by atoms with Crippen molar-refractivity contribution in [2.24, 2.45) is 40.2 Å². The Morgan fingerprint density at radius 3 is 2.23 bits per heavy atom. The van der Waals surface area contributed by atoms with E-state index in [0.29, 0.717) is 11.1 Å². The molecule has 2 fully saturated rings. The molecule has 3 aliphatic rings. The second-order valence-corrected chi connectivity index (χ2v) is 13.7. The number of nitrogens with zero attached hydrogens (tertiary/aromatic N) is 2. The van der Waals surface area contributed by atoms with E-state index < -0.39 is 98.9 Å². The number of ether oxygens (including phenoxy) is 1. The molecule has 2 saturated carbocycles. The smallest absolute Gasteiger partial charge is 0.323 e. The van der Waals surface area contributed by atoms with Gasteiger partial charge in [-0.3, -0.25) is 33.7 Å². The number of fused-ring (bicyclic) bond motifs is 4. The second-order valence-electron chi connectivity index (χ2n) is 13.7. The minimum absolute atomic E-state index is 0.172. The molecule has 53 heavy (non-hydrogen) atoms. The first-order chi connectivity index (χ1) is 24.9. The Balaban J connectivity index is 1.52. The van der Waals surface area contributed by atoms with Crippen LogP contribution in [0.15, 0.2) is 54.6 Å². The summed E-state index contributed by atoms with van der Waals surface area (Å²) in [5.41, 5.74) is 16.9. The maximum absolute atomic E-state index is 14.9. The third-order valence-corrected chi connectivity index (χ3v) is 10.7. The van der Waals surface area contributed by atoms with Crippen molar-refractivity contribution in [2.75, 3.05) is 24.7 Å². The van der Waals surface area contributed by atoms with Crippen LogP contribution in [-0.4, -0.2) is 88.4 Å². The fraction of sp³-hybridized carbons (Fsp3) is 0.333. The van der Waals surface area contributed by atoms with Crippen LogP contribution < -0.4 is 33.6 Å². The van der Waals surface area contributed by atoms with Crippen LogP contribution in [0.4, 0.5) is 16.2 Å². The Kier molecular flexibility index (Phi) is 8.70. The van der Waals surface area contributed by atoms with Gasteiger partial charge in [0.15, 0.2) is 34.5 Å². The van der Waals surface area contributed by atoms with Crippen LogP contribution in [0, 0.1) is 28.6 Å². The number of aromatic hydroxyl groups is 1. The molecule has 0 spiro atoms. The lowest BCUT2D eigenvalue weighted by Crippen LogP contribution is -2.92. The van der Waals surface area contributed by atoms with Crippen LogP contribution in [0.3, 0.4) is 0 Å². The fourth-order valence-electron chi connectivity index (χ4n) is 8.35. The summed E-state index contributed by atoms with van der Waals surface area (Å²) >= 11 is 0. The highest BCUT2D eigenvalue weighted by Crippen LogP contribution is 2.59. The SMILES string of the molecule is CCC(=O)O[C@H]1[C@@]2(N)C(C(=O)c3c(ccc(NC(=O)Nc4cccc5ccccc45)c3O)[C@@H]2N)C(=O)[C@]2(C#N)C(=O)C(C(N)=O)C(=O)[C@@H](N(C)C)[C@]12N. The zero-order valence-corrected chi connectivity index (χ0v) is 28.7. The number of hydrogen-bond donors (Lipinski definition) is 7. The number of Topliss-reactive ketones (excluding diaryl/α,β-unsaturated/α-hetero) is 4. The monoisotopic (exact) mass is 724 g/mol. The van der Waals surface area contributed by atoms with Gasteiger partial charge in [0.2, 0.25) is 5.91 Å². The molecular formula is C36H36N8O9. The van der Waals surface area contributed by atoms with E-state index in [-0.39, 0.29) is 17.7 Å². The van der Waals surface area contributed by atoms with Crippen molar-refractivity contribution in [1.29, 1.82) is 5.26 Å². The summed E-state index contributed by atoms with van der Waals surface area (Å²) < 4.78 is 5.76. The number of urea groups is 1. The largest absolute Gasteiger partial charge is 0.505 e. The standard InChI is InChI=1S/C36H36N8O9/c1-4-20(45)53-32-35(40)23(30(50)34(14-37)29(49)22(31(39)51)26(48)28(44(2)3)36(32,34)41)25(47)21-17(27(35)38)12-13-19(24(21)46)43-33(52)42-18-11-7-9-15-8-5-6-10-16(15)18/h5-13,22-23,27-28,32,46H,4,38,40-41H2,1-3H3,(H2,39,51)(H2,42,43,52)/t22?,23?,27-,28+,32-,34-,35+,36-/m0/s1. The molecule has 0 saturated heterocycles. The van der Waals surface area contributed by atoms with Gasteiger partial charge >= 0.3 is 12.0 Å². The summed E-state index contributed by atoms with van der Waals surface area (Å²) in [5.74, 6) is -13.6. The average molecular weight is 725 g/mol. The molecule has 17 nitrogen and oxygen atoms in total. The number of esters is 1. The second kappa shape index (κ2) is 12.6. The Hall–Kier alpha value is -6.06. The third kappa shape index (κ3) is 4.80. The molecule has 3 amide bonds. The Morgan fingerprint density at radius 1 is 0.962 bits per heavy atom. The Bertz CT molecular complexity index is 2210. The number of hydrogen-bond acceptors (Lipinski definition) is 14. The molecule has 0 radical (unpaired) electrons. The average Bonchev–Trinajstić information content (AvgIpc) is 3.10. The van der Waals surface area contributed by atoms with Gasteiger partial charge in [-0.15, -0.1) is 0 Å². The predicted octanol–water partition coefficient (Wildman–Crippen LogP) is -0.00532. The summed E-state index contributed by atoms with van der Waals surface area (Å²) in [4.78, 5) is 97.6. The van der Waals surface area contributed by atoms with Crippen LogP contribution in [-0.2, 0) is 28.7 Å². The number of phenolic OH excluding ortho intramolecular Hbond substituents is 1. The van der Waals surface area contributed by atoms with Crippen molar-refractivity contribution < 1.29 is 43.4 Å². The topological polar surface area (TPSA) is 304 Å². The van der Waals surface area contributed by atoms with Crippen molar-refractivity contribution in [3.05, 3.63) is 65.7 Å². The molecular weight excluding hydrogens is 688 g/mol. The minimum Gasteiger partial charge on any atom is -0.505 e. The number of nitriles is 1. The molecule has 0 bridgehead atoms. The van der Waals surface area contributed by atoms with E-state index in [2.05, 4.69) is 10.6 Å². The number of primary amides is 1. The molecule has 3 aliphatic carbocycles. The van der Waals surface area contributed by atoms with Gasteiger partial charge in [-0.25, -0.2) is 4.79 Å². The van der Waals surface area contributed by atoms with E-state index in [0.717, 1.165) is 10.3 Å². The number of nitrogens with two attached hydrogens (primary N) is 4. The van der Waals surface area contributed by atoms with Crippen molar-refractivity contribution >= 4 is 63.2 Å². The van der Waals surface area contributed by atoms with Crippen molar-refractivity contribution in [2.45, 2.75) is 42.6 Å². The number of anilines is 2. The van der Waals surface area contributed by atoms with Gasteiger partial charge in [-0.1, -0.05) is 49.4 Å². The number of carbonyl (C=O) groups is 7. The predicted molar refractivity (Wildman–Crippen MR) is 187 cm³/mol. The molecule has 3 aromatic carbocycles. The van der Waals surface area contributed by atoms with Crippen molar-refractivity contribution in [3.63, 3.8) is 0 Å². The third-order valence-electron chi connectivity index (χ3n) is 10.7. The van der Waals surface area contributed by atoms with E-state index in [1.165, 1.54) is 33.2 Å². The molecule has 274 valence electrons. The highest BCUT2D eigenvalue weighted by molar-refractivity contribution is 6.34. The summed E-state index contributed by atoms with van der Waals surface area (Å²) in [7, 11) is 2.60. The number of ketones is 4. The molecule has 0 heterocycles. The van der Waals surface area contributed by atoms with E-state index in [1.807, 2.05) is 18.2 Å². The first-order valence-electron chi connectivity index (χ1n) is 16.4. The number of phenols is 1. The molecule has 3 aromatic rings. The molecule has 17 heteroatoms. The van der Waals surface area contributed by atoms with Gasteiger partial charge in [-0.05, 0) is 37.2 Å². The number of benzene rings is 3. The van der Waals surface area contributed by atoms with E-state index >= 15 is 0 Å². The number of likely N-dealkylation sites (N-methyl/N-ethyl adjacent to an activating group) is 1. The van der Waals surface area contributed by atoms with Gasteiger partial charge in [0.05, 0.1) is 40.6 Å². The molecule has 8 atom stereocenters. The van der Waals surface area contributed by atoms with E-state index in [4.69, 9.17) is 27.7 Å². The maximum atomic E-state index is 14.9. The molecule has 2 unspecified atom stereocenters. The Labute approximate surface area is 301 Å². The van der Waals surface area contributed by atoms with Crippen LogP contribution in [0.25, 0.3) is 10.8 Å². The first-order valence-corrected chi connectivity index (χ1v) is 16.4. The summed E-state index contributed by atoms with van der Waals surface area (Å²) in [6.45, 7) is 1.39. The highest BCUT2D eigenvalue weighted by atomic mass is 16.5. The lowest BCUT2D eigenvalue weighted by molar-refractivity contribution is -0.195. The number of amides is 3. The van der Waals surface area contributed by atoms with Gasteiger partial charge in [-0.2, -0.15) is 5.26 Å². The van der Waals surface area contributed by atoms with E-state index in [1.54, 1.807) is 30.3 Å². The lowest BCUT2D eigenvalue weighted by atomic mass is 9.41. The van der Waals surface area contributed by atoms with Gasteiger partial charge in [0, 0.05) is 11.8 Å². The van der Waals surface area contributed by atoms with Gasteiger partial charge < -0.3 is 43.4 Å². The quantitative estimate of drug-likeness (QED) is 0.1000. The molecule has 11 N–H and O–H groups in total. The van der Waals surface area contributed by atoms with Crippen LogP contribution in [0.5, 0.6) is 5.75 Å². The zero-order valence-electron chi connectivity index (χ0n) is 28.7. The first kappa shape index (κ1) is 36.7. The summed E-state index contributed by atoms with van der Waals surface area (Å²) in [6, 6.07) is 12.1. The lowest BCUT2D eigenvalue weighted by Gasteiger charge is -2.64. The molecule has 0 aromatic heterocycles. The van der Waals surface area contributed by atoms with Gasteiger partial charge in [0.25, 0.3) is 0 Å². The summed E-state index contributed by atoms with van der Waals surface area (Å²) in [6.07, 6.45) is -2.51. The minimum atomic E-state index is -3.24.